The number of imidazole rings is 1. The number of alkyl carbamates (subject to hydrolysis) is 1. The van der Waals surface area contributed by atoms with Gasteiger partial charge in [-0.15, -0.1) is 0 Å². The molecule has 0 fully saturated rings. The molecule has 1 amide bonds. The number of aryl methyl sites for hydroxylation is 2. The predicted molar refractivity (Wildman–Crippen MR) is 112 cm³/mol. The molecule has 6 nitrogen and oxygen atoms in total. The summed E-state index contributed by atoms with van der Waals surface area (Å²) in [6, 6.07) is 6.23. The quantitative estimate of drug-likeness (QED) is 0.546. The van der Waals surface area contributed by atoms with Crippen LogP contribution in [0.5, 0.6) is 5.75 Å². The Labute approximate surface area is 168 Å². The lowest BCUT2D eigenvalue weighted by Crippen LogP contribution is -2.37. The van der Waals surface area contributed by atoms with Crippen molar-refractivity contribution in [2.75, 3.05) is 13.2 Å². The summed E-state index contributed by atoms with van der Waals surface area (Å²) in [6.45, 7) is 17.1. The lowest BCUT2D eigenvalue weighted by molar-refractivity contribution is -0.676. The van der Waals surface area contributed by atoms with E-state index < -0.39 is 11.7 Å². The highest BCUT2D eigenvalue weighted by Gasteiger charge is 2.24. The van der Waals surface area contributed by atoms with Crippen LogP contribution in [0.2, 0.25) is 0 Å². The van der Waals surface area contributed by atoms with Crippen molar-refractivity contribution in [2.24, 2.45) is 5.92 Å². The molecule has 1 heterocycles. The van der Waals surface area contributed by atoms with E-state index in [1.165, 1.54) is 16.9 Å². The first-order valence-electron chi connectivity index (χ1n) is 10.3. The van der Waals surface area contributed by atoms with Crippen LogP contribution in [-0.4, -0.2) is 29.4 Å². The summed E-state index contributed by atoms with van der Waals surface area (Å²) in [4.78, 5) is 11.7. The van der Waals surface area contributed by atoms with Gasteiger partial charge in [-0.05, 0) is 52.7 Å². The Balaban J connectivity index is 2.10. The third-order valence-electron chi connectivity index (χ3n) is 4.41. The molecule has 1 aromatic carbocycles. The second-order valence-corrected chi connectivity index (χ2v) is 8.43. The molecule has 0 saturated heterocycles. The summed E-state index contributed by atoms with van der Waals surface area (Å²) >= 11 is 0. The Bertz CT molecular complexity index is 803. The number of amides is 1. The Hall–Kier alpha value is -2.24. The van der Waals surface area contributed by atoms with Crippen LogP contribution in [0.3, 0.4) is 0 Å². The normalized spacial score (nSPS) is 11.9. The molecule has 2 aromatic rings. The molecule has 0 saturated carbocycles. The topological polar surface area (TPSA) is 56.4 Å². The van der Waals surface area contributed by atoms with Gasteiger partial charge in [0.05, 0.1) is 26.1 Å². The molecule has 1 aromatic heterocycles. The van der Waals surface area contributed by atoms with Crippen LogP contribution in [0.4, 0.5) is 4.79 Å². The van der Waals surface area contributed by atoms with Gasteiger partial charge in [0.15, 0.2) is 11.0 Å². The Morgan fingerprint density at radius 3 is 2.54 bits per heavy atom. The lowest BCUT2D eigenvalue weighted by atomic mass is 10.1. The highest BCUT2D eigenvalue weighted by Crippen LogP contribution is 2.22. The van der Waals surface area contributed by atoms with Crippen molar-refractivity contribution in [1.29, 1.82) is 0 Å². The first-order valence-corrected chi connectivity index (χ1v) is 10.3. The summed E-state index contributed by atoms with van der Waals surface area (Å²) in [5, 5.41) is 2.72. The van der Waals surface area contributed by atoms with Gasteiger partial charge in [-0.25, -0.2) is 13.9 Å². The van der Waals surface area contributed by atoms with Gasteiger partial charge < -0.3 is 14.8 Å². The highest BCUT2D eigenvalue weighted by molar-refractivity contribution is 5.74. The fraction of sp³-hybridized carbons (Fsp3) is 0.636. The molecule has 0 aliphatic carbocycles. The van der Waals surface area contributed by atoms with Crippen molar-refractivity contribution in [2.45, 2.75) is 73.6 Å². The highest BCUT2D eigenvalue weighted by atomic mass is 16.6. The molecule has 1 N–H and O–H groups in total. The van der Waals surface area contributed by atoms with E-state index in [1.807, 2.05) is 26.8 Å². The number of aromatic nitrogens is 2. The summed E-state index contributed by atoms with van der Waals surface area (Å²) in [5.74, 6) is 2.77. The van der Waals surface area contributed by atoms with E-state index in [0.717, 1.165) is 25.3 Å². The van der Waals surface area contributed by atoms with Gasteiger partial charge in [-0.2, -0.15) is 0 Å². The van der Waals surface area contributed by atoms with E-state index in [-0.39, 0.29) is 0 Å². The number of hydrogen-bond acceptors (Lipinski definition) is 3. The molecule has 0 bridgehead atoms. The van der Waals surface area contributed by atoms with E-state index >= 15 is 0 Å². The number of rotatable bonds is 8. The average molecular weight is 391 g/mol. The smallest absolute Gasteiger partial charge is 0.407 e. The van der Waals surface area contributed by atoms with Crippen molar-refractivity contribution in [1.82, 2.24) is 9.88 Å². The molecule has 0 spiro atoms. The number of carbonyl (C=O) groups excluding carboxylic acids is 1. The summed E-state index contributed by atoms with van der Waals surface area (Å²) in [5.41, 5.74) is 1.93. The third-order valence-corrected chi connectivity index (χ3v) is 4.41. The predicted octanol–water partition coefficient (Wildman–Crippen LogP) is 4.07. The van der Waals surface area contributed by atoms with E-state index in [2.05, 4.69) is 54.3 Å². The summed E-state index contributed by atoms with van der Waals surface area (Å²) in [7, 11) is 0. The van der Waals surface area contributed by atoms with Gasteiger partial charge in [0.1, 0.15) is 18.0 Å². The van der Waals surface area contributed by atoms with Crippen LogP contribution < -0.4 is 14.6 Å². The van der Waals surface area contributed by atoms with Gasteiger partial charge in [-0.3, -0.25) is 0 Å². The number of ether oxygens (including phenoxy) is 2. The van der Waals surface area contributed by atoms with Crippen molar-refractivity contribution in [3.8, 4) is 5.75 Å². The zero-order valence-electron chi connectivity index (χ0n) is 18.5. The molecule has 0 aliphatic heterocycles. The largest absolute Gasteiger partial charge is 0.492 e. The number of benzene rings is 1. The van der Waals surface area contributed by atoms with Crippen molar-refractivity contribution in [3.05, 3.63) is 24.0 Å². The first-order chi connectivity index (χ1) is 13.2. The van der Waals surface area contributed by atoms with Gasteiger partial charge in [0, 0.05) is 6.07 Å². The van der Waals surface area contributed by atoms with Crippen LogP contribution in [0.25, 0.3) is 11.0 Å². The van der Waals surface area contributed by atoms with E-state index in [1.54, 1.807) is 0 Å². The maximum absolute atomic E-state index is 11.7. The molecular formula is C22H36N3O3+. The van der Waals surface area contributed by atoms with Gasteiger partial charge in [-0.1, -0.05) is 13.8 Å². The van der Waals surface area contributed by atoms with Crippen molar-refractivity contribution < 1.29 is 18.8 Å². The standard InChI is InChI=1S/C22H35N3O3/c1-8-24-18-11-10-17(27-13-12-23-21(26)28-22(5,6)7)15-19(18)25(9-2)20(24)14-16(3)4/h10-11,15-16H,8-9,12-14H2,1-7H3/p+1. The number of fused-ring (bicyclic) bond motifs is 1. The van der Waals surface area contributed by atoms with E-state index in [4.69, 9.17) is 9.47 Å². The van der Waals surface area contributed by atoms with E-state index in [9.17, 15) is 4.79 Å². The molecule has 28 heavy (non-hydrogen) atoms. The molecule has 0 unspecified atom stereocenters. The molecule has 0 aliphatic rings. The van der Waals surface area contributed by atoms with Crippen molar-refractivity contribution in [3.63, 3.8) is 0 Å². The maximum atomic E-state index is 11.7. The zero-order chi connectivity index (χ0) is 20.9. The third kappa shape index (κ3) is 5.63. The maximum Gasteiger partial charge on any atom is 0.407 e. The lowest BCUT2D eigenvalue weighted by Gasteiger charge is -2.19. The van der Waals surface area contributed by atoms with Gasteiger partial charge in [0.2, 0.25) is 0 Å². The summed E-state index contributed by atoms with van der Waals surface area (Å²) in [6.07, 6.45) is 0.625. The first kappa shape index (κ1) is 22.1. The molecule has 156 valence electrons. The van der Waals surface area contributed by atoms with Crippen LogP contribution in [0.1, 0.15) is 54.3 Å². The Morgan fingerprint density at radius 2 is 1.96 bits per heavy atom. The minimum atomic E-state index is -0.496. The Kier molecular flexibility index (Phi) is 7.33. The van der Waals surface area contributed by atoms with Crippen LogP contribution in [-0.2, 0) is 24.2 Å². The fourth-order valence-electron chi connectivity index (χ4n) is 3.39. The van der Waals surface area contributed by atoms with Crippen LogP contribution >= 0.6 is 0 Å². The fourth-order valence-corrected chi connectivity index (χ4v) is 3.39. The second-order valence-electron chi connectivity index (χ2n) is 8.43. The number of nitrogens with zero attached hydrogens (tertiary/aromatic N) is 2. The molecule has 2 rings (SSSR count). The average Bonchev–Trinajstić information content (AvgIpc) is 2.88. The molecule has 0 radical (unpaired) electrons. The summed E-state index contributed by atoms with van der Waals surface area (Å²) < 4.78 is 15.9. The minimum absolute atomic E-state index is 0.393. The SMILES string of the molecule is CCn1c(CC(C)C)[n+](CC)c2ccc(OCCNC(=O)OC(C)(C)C)cc21. The minimum Gasteiger partial charge on any atom is -0.492 e. The Morgan fingerprint density at radius 1 is 1.25 bits per heavy atom. The second kappa shape index (κ2) is 9.30. The van der Waals surface area contributed by atoms with Gasteiger partial charge >= 0.3 is 6.09 Å². The number of carbonyl (C=O) groups is 1. The number of hydrogen-bond donors (Lipinski definition) is 1. The van der Waals surface area contributed by atoms with Crippen LogP contribution in [0.15, 0.2) is 18.2 Å². The van der Waals surface area contributed by atoms with Crippen molar-refractivity contribution >= 4 is 17.1 Å². The monoisotopic (exact) mass is 390 g/mol. The molecule has 0 atom stereocenters. The van der Waals surface area contributed by atoms with Crippen LogP contribution in [0, 0.1) is 5.92 Å². The molecular weight excluding hydrogens is 354 g/mol. The zero-order valence-corrected chi connectivity index (χ0v) is 18.5. The number of nitrogens with one attached hydrogen (secondary N) is 1. The van der Waals surface area contributed by atoms with E-state index in [0.29, 0.717) is 19.1 Å². The van der Waals surface area contributed by atoms with Gasteiger partial charge in [0.25, 0.3) is 5.82 Å². The molecule has 6 heteroatoms.